The number of benzene rings is 1. The number of nitrogens with one attached hydrogen (secondary N) is 1. The number of guanidine groups is 1. The van der Waals surface area contributed by atoms with E-state index in [1.54, 1.807) is 7.11 Å². The van der Waals surface area contributed by atoms with E-state index in [1.807, 2.05) is 25.2 Å². The predicted octanol–water partition coefficient (Wildman–Crippen LogP) is 3.55. The molecule has 0 amide bonds. The Kier molecular flexibility index (Phi) is 10.1. The maximum Gasteiger partial charge on any atom is 0.194 e. The summed E-state index contributed by atoms with van der Waals surface area (Å²) in [6.45, 7) is 5.74. The van der Waals surface area contributed by atoms with Crippen LogP contribution >= 0.6 is 35.6 Å². The Labute approximate surface area is 173 Å². The summed E-state index contributed by atoms with van der Waals surface area (Å²) in [5.41, 5.74) is 0.943. The van der Waals surface area contributed by atoms with Gasteiger partial charge in [0.25, 0.3) is 0 Å². The Bertz CT molecular complexity index is 551. The summed E-state index contributed by atoms with van der Waals surface area (Å²) in [4.78, 5) is 6.93. The third-order valence-corrected chi connectivity index (χ3v) is 4.59. The lowest BCUT2D eigenvalue weighted by atomic mass is 9.94. The molecule has 7 heteroatoms. The van der Waals surface area contributed by atoms with Gasteiger partial charge in [-0.2, -0.15) is 0 Å². The van der Waals surface area contributed by atoms with E-state index in [9.17, 15) is 0 Å². The van der Waals surface area contributed by atoms with Crippen LogP contribution in [0, 0.1) is 0 Å². The van der Waals surface area contributed by atoms with Gasteiger partial charge in [0.1, 0.15) is 0 Å². The molecular formula is C18H29ClIN3O2. The molecule has 0 aliphatic carbocycles. The van der Waals surface area contributed by atoms with Crippen molar-refractivity contribution in [1.82, 2.24) is 10.2 Å². The fourth-order valence-corrected chi connectivity index (χ4v) is 3.06. The van der Waals surface area contributed by atoms with Crippen molar-refractivity contribution < 1.29 is 9.47 Å². The number of halogens is 2. The molecule has 0 spiro atoms. The van der Waals surface area contributed by atoms with Crippen LogP contribution in [-0.2, 0) is 16.0 Å². The Morgan fingerprint density at radius 2 is 2.12 bits per heavy atom. The molecule has 0 atom stereocenters. The highest BCUT2D eigenvalue weighted by Gasteiger charge is 2.32. The molecule has 1 heterocycles. The number of aliphatic imine (C=N–C) groups is 1. The number of ether oxygens (including phenoxy) is 2. The van der Waals surface area contributed by atoms with Crippen molar-refractivity contribution in [2.24, 2.45) is 4.99 Å². The molecule has 1 aliphatic rings. The van der Waals surface area contributed by atoms with Gasteiger partial charge in [-0.1, -0.05) is 23.7 Å². The minimum Gasteiger partial charge on any atom is -0.381 e. The van der Waals surface area contributed by atoms with Gasteiger partial charge in [-0.15, -0.1) is 24.0 Å². The Morgan fingerprint density at radius 1 is 1.40 bits per heavy atom. The van der Waals surface area contributed by atoms with Crippen LogP contribution in [0.4, 0.5) is 0 Å². The van der Waals surface area contributed by atoms with Crippen LogP contribution in [0.3, 0.4) is 0 Å². The molecule has 0 unspecified atom stereocenters. The summed E-state index contributed by atoms with van der Waals surface area (Å²) >= 11 is 6.08. The summed E-state index contributed by atoms with van der Waals surface area (Å²) in [6.07, 6.45) is 1.76. The number of hydrogen-bond donors (Lipinski definition) is 1. The second-order valence-corrected chi connectivity index (χ2v) is 6.59. The molecular weight excluding hydrogens is 453 g/mol. The van der Waals surface area contributed by atoms with Gasteiger partial charge >= 0.3 is 0 Å². The summed E-state index contributed by atoms with van der Waals surface area (Å²) in [5, 5.41) is 4.11. The van der Waals surface area contributed by atoms with Crippen molar-refractivity contribution in [2.45, 2.75) is 31.9 Å². The first-order valence-electron chi connectivity index (χ1n) is 8.45. The van der Waals surface area contributed by atoms with Crippen molar-refractivity contribution >= 4 is 41.5 Å². The van der Waals surface area contributed by atoms with E-state index >= 15 is 0 Å². The number of hydrogen-bond acceptors (Lipinski definition) is 3. The van der Waals surface area contributed by atoms with Crippen LogP contribution < -0.4 is 5.32 Å². The highest BCUT2D eigenvalue weighted by Crippen LogP contribution is 2.24. The average Bonchev–Trinajstić information content (AvgIpc) is 2.59. The molecule has 0 bridgehead atoms. The molecule has 5 nitrogen and oxygen atoms in total. The molecule has 1 aromatic rings. The Balaban J connectivity index is 0.00000312. The molecule has 1 fully saturated rings. The van der Waals surface area contributed by atoms with E-state index in [0.717, 1.165) is 55.7 Å². The minimum atomic E-state index is -0.212. The number of methoxy groups -OCH3 is 1. The van der Waals surface area contributed by atoms with Crippen LogP contribution in [0.5, 0.6) is 0 Å². The van der Waals surface area contributed by atoms with Gasteiger partial charge in [0.05, 0.1) is 12.1 Å². The van der Waals surface area contributed by atoms with E-state index in [4.69, 9.17) is 26.1 Å². The third-order valence-electron chi connectivity index (χ3n) is 4.36. The van der Waals surface area contributed by atoms with E-state index in [0.29, 0.717) is 6.54 Å². The van der Waals surface area contributed by atoms with Crippen LogP contribution in [0.25, 0.3) is 0 Å². The zero-order valence-electron chi connectivity index (χ0n) is 15.3. The molecule has 1 aromatic carbocycles. The van der Waals surface area contributed by atoms with Crippen LogP contribution in [-0.4, -0.2) is 56.9 Å². The topological polar surface area (TPSA) is 46.1 Å². The molecule has 0 radical (unpaired) electrons. The zero-order chi connectivity index (χ0) is 17.4. The van der Waals surface area contributed by atoms with Crippen LogP contribution in [0.2, 0.25) is 5.02 Å². The maximum absolute atomic E-state index is 6.08. The van der Waals surface area contributed by atoms with Gasteiger partial charge in [-0.3, -0.25) is 4.99 Å². The SMILES string of the molecule is CCNC(=NCC1(OC)CCOCC1)N(C)Cc1cccc(Cl)c1.I. The van der Waals surface area contributed by atoms with Crippen LogP contribution in [0.1, 0.15) is 25.3 Å². The lowest BCUT2D eigenvalue weighted by Gasteiger charge is -2.35. The summed E-state index contributed by atoms with van der Waals surface area (Å²) in [6, 6.07) is 7.91. The molecule has 1 saturated heterocycles. The van der Waals surface area contributed by atoms with Gasteiger partial charge in [0.2, 0.25) is 0 Å². The van der Waals surface area contributed by atoms with E-state index < -0.39 is 0 Å². The van der Waals surface area contributed by atoms with Gasteiger partial charge in [-0.25, -0.2) is 0 Å². The van der Waals surface area contributed by atoms with Gasteiger partial charge in [0, 0.05) is 58.3 Å². The fraction of sp³-hybridized carbons (Fsp3) is 0.611. The van der Waals surface area contributed by atoms with Crippen LogP contribution in [0.15, 0.2) is 29.3 Å². The summed E-state index contributed by atoms with van der Waals surface area (Å²) < 4.78 is 11.2. The van der Waals surface area contributed by atoms with E-state index in [1.165, 1.54) is 0 Å². The lowest BCUT2D eigenvalue weighted by molar-refractivity contribution is -0.0829. The molecule has 2 rings (SSSR count). The number of rotatable bonds is 6. The molecule has 0 saturated carbocycles. The van der Waals surface area contributed by atoms with Gasteiger partial charge < -0.3 is 19.7 Å². The average molecular weight is 482 g/mol. The normalized spacial score (nSPS) is 16.9. The quantitative estimate of drug-likeness (QED) is 0.383. The fourth-order valence-electron chi connectivity index (χ4n) is 2.84. The standard InChI is InChI=1S/C18H28ClN3O2.HI/c1-4-20-17(21-14-18(23-3)8-10-24-11-9-18)22(2)13-15-6-5-7-16(19)12-15;/h5-7,12H,4,8-11,13-14H2,1-3H3,(H,20,21);1H. The first-order chi connectivity index (χ1) is 11.6. The van der Waals surface area contributed by atoms with Gasteiger partial charge in [0.15, 0.2) is 5.96 Å². The molecule has 1 aliphatic heterocycles. The third kappa shape index (κ3) is 6.92. The summed E-state index contributed by atoms with van der Waals surface area (Å²) in [5.74, 6) is 0.875. The van der Waals surface area contributed by atoms with E-state index in [2.05, 4.69) is 23.2 Å². The Morgan fingerprint density at radius 3 is 2.72 bits per heavy atom. The Hall–Kier alpha value is -0.570. The second kappa shape index (κ2) is 11.2. The number of nitrogens with zero attached hydrogens (tertiary/aromatic N) is 2. The van der Waals surface area contributed by atoms with Crippen molar-refractivity contribution in [1.29, 1.82) is 0 Å². The van der Waals surface area contributed by atoms with Gasteiger partial charge in [-0.05, 0) is 24.6 Å². The van der Waals surface area contributed by atoms with Crippen molar-refractivity contribution in [2.75, 3.05) is 40.5 Å². The maximum atomic E-state index is 6.08. The van der Waals surface area contributed by atoms with Crippen molar-refractivity contribution in [3.63, 3.8) is 0 Å². The highest BCUT2D eigenvalue weighted by molar-refractivity contribution is 14.0. The smallest absolute Gasteiger partial charge is 0.194 e. The zero-order valence-corrected chi connectivity index (χ0v) is 18.3. The first kappa shape index (κ1) is 22.5. The molecule has 142 valence electrons. The molecule has 25 heavy (non-hydrogen) atoms. The predicted molar refractivity (Wildman–Crippen MR) is 114 cm³/mol. The van der Waals surface area contributed by atoms with Crippen molar-refractivity contribution in [3.05, 3.63) is 34.9 Å². The first-order valence-corrected chi connectivity index (χ1v) is 8.83. The molecule has 1 N–H and O–H groups in total. The summed E-state index contributed by atoms with van der Waals surface area (Å²) in [7, 11) is 3.80. The minimum absolute atomic E-state index is 0. The monoisotopic (exact) mass is 481 g/mol. The largest absolute Gasteiger partial charge is 0.381 e. The highest BCUT2D eigenvalue weighted by atomic mass is 127. The van der Waals surface area contributed by atoms with E-state index in [-0.39, 0.29) is 29.6 Å². The lowest BCUT2D eigenvalue weighted by Crippen LogP contribution is -2.44. The molecule has 0 aromatic heterocycles. The van der Waals surface area contributed by atoms with Crippen molar-refractivity contribution in [3.8, 4) is 0 Å². The second-order valence-electron chi connectivity index (χ2n) is 6.16.